The van der Waals surface area contributed by atoms with Crippen molar-refractivity contribution in [3.8, 4) is 0 Å². The average Bonchev–Trinajstić information content (AvgIpc) is 2.83. The number of hydrogen-bond donors (Lipinski definition) is 1. The molecule has 0 aliphatic carbocycles. The van der Waals surface area contributed by atoms with E-state index < -0.39 is 0 Å². The van der Waals surface area contributed by atoms with E-state index in [9.17, 15) is 0 Å². The standard InChI is InChI=1S/C32H67NO/c1-7-11-15-19-24-31(5,25-20-16-12-8-2)30-34-29-23-28-33-32(6,26-21-17-13-9-3)27-22-18-14-10-4/h33H,7-30H2,1-6H3. The molecule has 0 atom stereocenters. The summed E-state index contributed by atoms with van der Waals surface area (Å²) in [5, 5.41) is 3.96. The summed E-state index contributed by atoms with van der Waals surface area (Å²) in [7, 11) is 0. The third-order valence-corrected chi connectivity index (χ3v) is 7.90. The zero-order valence-electron chi connectivity index (χ0n) is 24.9. The third-order valence-electron chi connectivity index (χ3n) is 7.90. The van der Waals surface area contributed by atoms with Crippen molar-refractivity contribution in [1.82, 2.24) is 5.32 Å². The smallest absolute Gasteiger partial charge is 0.0519 e. The third kappa shape index (κ3) is 20.1. The van der Waals surface area contributed by atoms with E-state index in [1.807, 2.05) is 0 Å². The number of ether oxygens (including phenoxy) is 1. The van der Waals surface area contributed by atoms with Crippen LogP contribution in [0.5, 0.6) is 0 Å². The van der Waals surface area contributed by atoms with Gasteiger partial charge in [0.1, 0.15) is 0 Å². The monoisotopic (exact) mass is 482 g/mol. The first-order valence-electron chi connectivity index (χ1n) is 15.8. The van der Waals surface area contributed by atoms with Gasteiger partial charge in [0.15, 0.2) is 0 Å². The largest absolute Gasteiger partial charge is 0.381 e. The van der Waals surface area contributed by atoms with Crippen LogP contribution < -0.4 is 5.32 Å². The number of unbranched alkanes of at least 4 members (excludes halogenated alkanes) is 12. The van der Waals surface area contributed by atoms with Crippen LogP contribution in [0.1, 0.15) is 176 Å². The number of nitrogens with one attached hydrogen (secondary N) is 1. The number of hydrogen-bond acceptors (Lipinski definition) is 2. The molecule has 206 valence electrons. The summed E-state index contributed by atoms with van der Waals surface area (Å²) in [6.45, 7) is 17.2. The van der Waals surface area contributed by atoms with E-state index in [1.165, 1.54) is 128 Å². The second-order valence-electron chi connectivity index (χ2n) is 11.9. The van der Waals surface area contributed by atoms with Crippen molar-refractivity contribution in [2.45, 2.75) is 182 Å². The Kier molecular flexibility index (Phi) is 23.3. The lowest BCUT2D eigenvalue weighted by Gasteiger charge is -2.32. The predicted octanol–water partition coefficient (Wildman–Crippen LogP) is 10.6. The highest BCUT2D eigenvalue weighted by molar-refractivity contribution is 4.83. The van der Waals surface area contributed by atoms with Crippen LogP contribution in [0.4, 0.5) is 0 Å². The molecule has 0 aliphatic rings. The molecular weight excluding hydrogens is 414 g/mol. The molecule has 0 spiro atoms. The number of rotatable bonds is 27. The van der Waals surface area contributed by atoms with E-state index in [0.29, 0.717) is 11.0 Å². The first kappa shape index (κ1) is 33.9. The van der Waals surface area contributed by atoms with Crippen LogP contribution in [0.3, 0.4) is 0 Å². The van der Waals surface area contributed by atoms with E-state index in [2.05, 4.69) is 46.9 Å². The zero-order chi connectivity index (χ0) is 25.4. The van der Waals surface area contributed by atoms with Crippen molar-refractivity contribution >= 4 is 0 Å². The van der Waals surface area contributed by atoms with Gasteiger partial charge < -0.3 is 10.1 Å². The Morgan fingerprint density at radius 2 is 0.912 bits per heavy atom. The van der Waals surface area contributed by atoms with Gasteiger partial charge in [-0.1, -0.05) is 137 Å². The van der Waals surface area contributed by atoms with Gasteiger partial charge in [-0.25, -0.2) is 0 Å². The van der Waals surface area contributed by atoms with Crippen molar-refractivity contribution < 1.29 is 4.74 Å². The van der Waals surface area contributed by atoms with Gasteiger partial charge in [-0.2, -0.15) is 0 Å². The fraction of sp³-hybridized carbons (Fsp3) is 1.00. The summed E-state index contributed by atoms with van der Waals surface area (Å²) in [5.41, 5.74) is 0.691. The molecule has 0 bridgehead atoms. The lowest BCUT2D eigenvalue weighted by atomic mass is 9.80. The SMILES string of the molecule is CCCCCCC(C)(CCCCCC)COCCCNC(C)(CCCCCC)CCCCCC. The summed E-state index contributed by atoms with van der Waals surface area (Å²) < 4.78 is 6.31. The van der Waals surface area contributed by atoms with Gasteiger partial charge in [0.2, 0.25) is 0 Å². The van der Waals surface area contributed by atoms with Gasteiger partial charge in [-0.15, -0.1) is 0 Å². The van der Waals surface area contributed by atoms with Crippen molar-refractivity contribution in [3.63, 3.8) is 0 Å². The molecule has 0 aromatic heterocycles. The van der Waals surface area contributed by atoms with E-state index >= 15 is 0 Å². The maximum atomic E-state index is 6.31. The van der Waals surface area contributed by atoms with E-state index in [0.717, 1.165) is 26.2 Å². The first-order chi connectivity index (χ1) is 16.4. The molecule has 0 heterocycles. The van der Waals surface area contributed by atoms with Crippen LogP contribution in [0.2, 0.25) is 0 Å². The fourth-order valence-corrected chi connectivity index (χ4v) is 5.30. The maximum Gasteiger partial charge on any atom is 0.0519 e. The molecule has 0 radical (unpaired) electrons. The minimum absolute atomic E-state index is 0.314. The summed E-state index contributed by atoms with van der Waals surface area (Å²) in [6.07, 6.45) is 28.4. The van der Waals surface area contributed by atoms with Crippen LogP contribution in [-0.4, -0.2) is 25.3 Å². The Morgan fingerprint density at radius 3 is 1.32 bits per heavy atom. The minimum atomic E-state index is 0.314. The average molecular weight is 482 g/mol. The Labute approximate surface area is 217 Å². The molecule has 0 saturated carbocycles. The molecule has 0 unspecified atom stereocenters. The van der Waals surface area contributed by atoms with E-state index in [-0.39, 0.29) is 0 Å². The summed E-state index contributed by atoms with van der Waals surface area (Å²) in [4.78, 5) is 0. The quantitative estimate of drug-likeness (QED) is 0.118. The summed E-state index contributed by atoms with van der Waals surface area (Å²) >= 11 is 0. The molecule has 0 fully saturated rings. The van der Waals surface area contributed by atoms with E-state index in [4.69, 9.17) is 4.74 Å². The van der Waals surface area contributed by atoms with Crippen molar-refractivity contribution in [3.05, 3.63) is 0 Å². The summed E-state index contributed by atoms with van der Waals surface area (Å²) in [5.74, 6) is 0. The molecule has 0 aliphatic heterocycles. The molecule has 2 nitrogen and oxygen atoms in total. The molecule has 0 saturated heterocycles. The van der Waals surface area contributed by atoms with Crippen molar-refractivity contribution in [2.24, 2.45) is 5.41 Å². The van der Waals surface area contributed by atoms with Gasteiger partial charge in [0.25, 0.3) is 0 Å². The van der Waals surface area contributed by atoms with Crippen LogP contribution in [0.15, 0.2) is 0 Å². The van der Waals surface area contributed by atoms with Crippen molar-refractivity contribution in [2.75, 3.05) is 19.8 Å². The first-order valence-corrected chi connectivity index (χ1v) is 15.8. The Bertz CT molecular complexity index is 346. The fourth-order valence-electron chi connectivity index (χ4n) is 5.30. The van der Waals surface area contributed by atoms with E-state index in [1.54, 1.807) is 0 Å². The van der Waals surface area contributed by atoms with Gasteiger partial charge in [0.05, 0.1) is 6.61 Å². The molecule has 1 N–H and O–H groups in total. The Hall–Kier alpha value is -0.0800. The lowest BCUT2D eigenvalue weighted by molar-refractivity contribution is 0.0380. The van der Waals surface area contributed by atoms with Gasteiger partial charge >= 0.3 is 0 Å². The Morgan fingerprint density at radius 1 is 0.500 bits per heavy atom. The van der Waals surface area contributed by atoms with Gasteiger partial charge in [0, 0.05) is 12.1 Å². The van der Waals surface area contributed by atoms with Crippen LogP contribution in [0, 0.1) is 5.41 Å². The van der Waals surface area contributed by atoms with Gasteiger partial charge in [-0.05, 0) is 51.0 Å². The molecular formula is C32H67NO. The predicted molar refractivity (Wildman–Crippen MR) is 155 cm³/mol. The Balaban J connectivity index is 4.38. The summed E-state index contributed by atoms with van der Waals surface area (Å²) in [6, 6.07) is 0. The van der Waals surface area contributed by atoms with Crippen LogP contribution >= 0.6 is 0 Å². The molecule has 0 amide bonds. The highest BCUT2D eigenvalue weighted by Gasteiger charge is 2.24. The topological polar surface area (TPSA) is 21.3 Å². The molecule has 0 rings (SSSR count). The molecule has 0 aromatic rings. The second-order valence-corrected chi connectivity index (χ2v) is 11.9. The highest BCUT2D eigenvalue weighted by Crippen LogP contribution is 2.32. The lowest BCUT2D eigenvalue weighted by Crippen LogP contribution is -2.43. The maximum absolute atomic E-state index is 6.31. The molecule has 0 aromatic carbocycles. The van der Waals surface area contributed by atoms with Crippen LogP contribution in [0.25, 0.3) is 0 Å². The molecule has 34 heavy (non-hydrogen) atoms. The van der Waals surface area contributed by atoms with Gasteiger partial charge in [-0.3, -0.25) is 0 Å². The highest BCUT2D eigenvalue weighted by atomic mass is 16.5. The molecule has 2 heteroatoms. The normalized spacial score (nSPS) is 12.5. The second kappa shape index (κ2) is 23.3. The van der Waals surface area contributed by atoms with Crippen LogP contribution in [-0.2, 0) is 4.74 Å². The minimum Gasteiger partial charge on any atom is -0.381 e. The van der Waals surface area contributed by atoms with Crippen molar-refractivity contribution in [1.29, 1.82) is 0 Å². The zero-order valence-corrected chi connectivity index (χ0v) is 24.9.